The van der Waals surface area contributed by atoms with Gasteiger partial charge in [0.2, 0.25) is 0 Å². The summed E-state index contributed by atoms with van der Waals surface area (Å²) in [6.07, 6.45) is 4.89. The minimum absolute atomic E-state index is 0.122. The molecule has 0 amide bonds. The highest BCUT2D eigenvalue weighted by molar-refractivity contribution is 5.32. The molecule has 0 aliphatic heterocycles. The van der Waals surface area contributed by atoms with Crippen molar-refractivity contribution in [3.05, 3.63) is 29.8 Å². The van der Waals surface area contributed by atoms with Gasteiger partial charge in [-0.05, 0) is 63.1 Å². The predicted molar refractivity (Wildman–Crippen MR) is 75.7 cm³/mol. The summed E-state index contributed by atoms with van der Waals surface area (Å²) in [6, 6.07) is 8.35. The first-order valence-electron chi connectivity index (χ1n) is 7.06. The number of hydrogen-bond donors (Lipinski definition) is 1. The maximum absolute atomic E-state index is 6.55. The molecule has 18 heavy (non-hydrogen) atoms. The lowest BCUT2D eigenvalue weighted by molar-refractivity contribution is 0.239. The Hall–Kier alpha value is -1.02. The fourth-order valence-electron chi connectivity index (χ4n) is 2.70. The van der Waals surface area contributed by atoms with E-state index in [1.165, 1.54) is 18.4 Å². The van der Waals surface area contributed by atoms with Crippen LogP contribution in [0.4, 0.5) is 0 Å². The van der Waals surface area contributed by atoms with Crippen LogP contribution >= 0.6 is 0 Å². The van der Waals surface area contributed by atoms with Crippen LogP contribution in [0.1, 0.15) is 52.0 Å². The number of nitrogens with two attached hydrogens (primary N) is 1. The highest BCUT2D eigenvalue weighted by atomic mass is 16.5. The van der Waals surface area contributed by atoms with Crippen molar-refractivity contribution < 1.29 is 4.74 Å². The van der Waals surface area contributed by atoms with Gasteiger partial charge in [0.25, 0.3) is 0 Å². The number of hydrogen-bond acceptors (Lipinski definition) is 2. The Labute approximate surface area is 111 Å². The van der Waals surface area contributed by atoms with Gasteiger partial charge in [0.1, 0.15) is 5.75 Å². The molecule has 0 atom stereocenters. The number of rotatable bonds is 3. The molecule has 0 unspecified atom stereocenters. The van der Waals surface area contributed by atoms with Crippen LogP contribution in [0.2, 0.25) is 0 Å². The summed E-state index contributed by atoms with van der Waals surface area (Å²) in [6.45, 7) is 6.40. The lowest BCUT2D eigenvalue weighted by atomic mass is 9.74. The molecule has 0 spiro atoms. The van der Waals surface area contributed by atoms with Crippen molar-refractivity contribution in [3.63, 3.8) is 0 Å². The molecule has 1 aromatic carbocycles. The van der Waals surface area contributed by atoms with Crippen molar-refractivity contribution in [1.29, 1.82) is 0 Å². The molecule has 1 aromatic rings. The predicted octanol–water partition coefficient (Wildman–Crippen LogP) is 3.84. The Morgan fingerprint density at radius 3 is 2.22 bits per heavy atom. The van der Waals surface area contributed by atoms with Crippen molar-refractivity contribution in [3.8, 4) is 5.75 Å². The van der Waals surface area contributed by atoms with Crippen LogP contribution in [0.15, 0.2) is 24.3 Å². The van der Waals surface area contributed by atoms with E-state index >= 15 is 0 Å². The molecule has 2 heteroatoms. The van der Waals surface area contributed by atoms with Gasteiger partial charge in [0.05, 0.1) is 6.10 Å². The van der Waals surface area contributed by atoms with Crippen molar-refractivity contribution in [2.75, 3.05) is 0 Å². The van der Waals surface area contributed by atoms with Crippen molar-refractivity contribution in [2.45, 2.75) is 58.1 Å². The molecule has 2 N–H and O–H groups in total. The molecule has 0 radical (unpaired) electrons. The lowest BCUT2D eigenvalue weighted by Crippen LogP contribution is -2.40. The molecule has 1 saturated carbocycles. The fourth-order valence-corrected chi connectivity index (χ4v) is 2.70. The van der Waals surface area contributed by atoms with Gasteiger partial charge in [-0.3, -0.25) is 0 Å². The van der Waals surface area contributed by atoms with Gasteiger partial charge < -0.3 is 10.5 Å². The van der Waals surface area contributed by atoms with E-state index in [1.54, 1.807) is 0 Å². The molecule has 2 nitrogen and oxygen atoms in total. The Kier molecular flexibility index (Phi) is 3.96. The third-order valence-corrected chi connectivity index (χ3v) is 3.97. The topological polar surface area (TPSA) is 35.2 Å². The van der Waals surface area contributed by atoms with Gasteiger partial charge in [-0.25, -0.2) is 0 Å². The second-order valence-corrected chi connectivity index (χ2v) is 6.03. The summed E-state index contributed by atoms with van der Waals surface area (Å²) < 4.78 is 5.67. The molecule has 1 aliphatic rings. The normalized spacial score (nSPS) is 28.4. The average Bonchev–Trinajstić information content (AvgIpc) is 2.33. The smallest absolute Gasteiger partial charge is 0.119 e. The third kappa shape index (κ3) is 3.05. The van der Waals surface area contributed by atoms with Crippen molar-refractivity contribution >= 4 is 0 Å². The number of benzene rings is 1. The zero-order chi connectivity index (χ0) is 13.2. The van der Waals surface area contributed by atoms with E-state index in [9.17, 15) is 0 Å². The first-order chi connectivity index (χ1) is 8.49. The summed E-state index contributed by atoms with van der Waals surface area (Å²) in [5, 5.41) is 0. The molecule has 1 aliphatic carbocycles. The van der Waals surface area contributed by atoms with Crippen molar-refractivity contribution in [1.82, 2.24) is 0 Å². The maximum atomic E-state index is 6.55. The maximum Gasteiger partial charge on any atom is 0.119 e. The van der Waals surface area contributed by atoms with E-state index in [1.807, 2.05) is 26.0 Å². The van der Waals surface area contributed by atoms with E-state index in [-0.39, 0.29) is 11.6 Å². The highest BCUT2D eigenvalue weighted by Gasteiger charge is 2.31. The fraction of sp³-hybridized carbons (Fsp3) is 0.625. The second-order valence-electron chi connectivity index (χ2n) is 6.03. The first kappa shape index (κ1) is 13.4. The molecule has 0 aromatic heterocycles. The van der Waals surface area contributed by atoms with Crippen LogP contribution in [-0.4, -0.2) is 6.10 Å². The quantitative estimate of drug-likeness (QED) is 0.880. The van der Waals surface area contributed by atoms with E-state index in [0.717, 1.165) is 24.5 Å². The van der Waals surface area contributed by atoms with Gasteiger partial charge >= 0.3 is 0 Å². The molecular weight excluding hydrogens is 222 g/mol. The van der Waals surface area contributed by atoms with Gasteiger partial charge in [-0.2, -0.15) is 0 Å². The van der Waals surface area contributed by atoms with Crippen LogP contribution in [0, 0.1) is 5.92 Å². The van der Waals surface area contributed by atoms with Crippen molar-refractivity contribution in [2.24, 2.45) is 11.7 Å². The van der Waals surface area contributed by atoms with Crippen LogP contribution in [0.25, 0.3) is 0 Å². The number of ether oxygens (including phenoxy) is 1. The molecule has 0 saturated heterocycles. The average molecular weight is 247 g/mol. The second kappa shape index (κ2) is 5.31. The Morgan fingerprint density at radius 2 is 1.72 bits per heavy atom. The zero-order valence-electron chi connectivity index (χ0n) is 11.8. The standard InChI is InChI=1S/C16H25NO/c1-12(2)18-15-6-4-14(5-7-15)16(17)10-8-13(3)9-11-16/h4-7,12-13H,8-11,17H2,1-3H3. The monoisotopic (exact) mass is 247 g/mol. The van der Waals surface area contributed by atoms with Crippen LogP contribution in [0.3, 0.4) is 0 Å². The SMILES string of the molecule is CC1CCC(N)(c2ccc(OC(C)C)cc2)CC1. The Balaban J connectivity index is 2.09. The summed E-state index contributed by atoms with van der Waals surface area (Å²) in [4.78, 5) is 0. The third-order valence-electron chi connectivity index (χ3n) is 3.97. The largest absolute Gasteiger partial charge is 0.491 e. The minimum Gasteiger partial charge on any atom is -0.491 e. The van der Waals surface area contributed by atoms with Crippen LogP contribution < -0.4 is 10.5 Å². The van der Waals surface area contributed by atoms with Gasteiger partial charge in [0, 0.05) is 5.54 Å². The van der Waals surface area contributed by atoms with E-state index < -0.39 is 0 Å². The Morgan fingerprint density at radius 1 is 1.17 bits per heavy atom. The van der Waals surface area contributed by atoms with Gasteiger partial charge in [-0.15, -0.1) is 0 Å². The first-order valence-corrected chi connectivity index (χ1v) is 7.06. The summed E-state index contributed by atoms with van der Waals surface area (Å²) in [5.41, 5.74) is 7.69. The molecule has 1 fully saturated rings. The van der Waals surface area contributed by atoms with Crippen LogP contribution in [0.5, 0.6) is 5.75 Å². The zero-order valence-corrected chi connectivity index (χ0v) is 11.8. The molecule has 2 rings (SSSR count). The minimum atomic E-state index is -0.122. The lowest BCUT2D eigenvalue weighted by Gasteiger charge is -2.36. The molecule has 0 bridgehead atoms. The molecule has 100 valence electrons. The molecular formula is C16H25NO. The van der Waals surface area contributed by atoms with Crippen LogP contribution in [-0.2, 0) is 5.54 Å². The van der Waals surface area contributed by atoms with E-state index in [4.69, 9.17) is 10.5 Å². The summed E-state index contributed by atoms with van der Waals surface area (Å²) in [5.74, 6) is 1.76. The Bertz CT molecular complexity index is 375. The highest BCUT2D eigenvalue weighted by Crippen LogP contribution is 2.37. The summed E-state index contributed by atoms with van der Waals surface area (Å²) >= 11 is 0. The van der Waals surface area contributed by atoms with Gasteiger partial charge in [0.15, 0.2) is 0 Å². The van der Waals surface area contributed by atoms with E-state index in [2.05, 4.69) is 19.1 Å². The van der Waals surface area contributed by atoms with Gasteiger partial charge in [-0.1, -0.05) is 19.1 Å². The summed E-state index contributed by atoms with van der Waals surface area (Å²) in [7, 11) is 0. The van der Waals surface area contributed by atoms with E-state index in [0.29, 0.717) is 0 Å². The molecule has 0 heterocycles.